The van der Waals surface area contributed by atoms with Crippen LogP contribution in [0.5, 0.6) is 0 Å². The van der Waals surface area contributed by atoms with E-state index in [9.17, 15) is 19.6 Å². The minimum Gasteiger partial charge on any atom is -0.325 e. The van der Waals surface area contributed by atoms with Crippen LogP contribution < -0.4 is 16.6 Å². The molecule has 1 amide bonds. The number of aromatic nitrogens is 2. The molecule has 3 aromatic rings. The number of carbonyl (C=O) groups is 1. The smallest absolute Gasteiger partial charge is 0.325 e. The molecule has 7 heteroatoms. The van der Waals surface area contributed by atoms with Crippen molar-refractivity contribution in [2.75, 3.05) is 5.32 Å². The number of benzene rings is 2. The van der Waals surface area contributed by atoms with Gasteiger partial charge in [0.1, 0.15) is 18.2 Å². The largest absolute Gasteiger partial charge is 0.331 e. The quantitative estimate of drug-likeness (QED) is 0.767. The zero-order chi connectivity index (χ0) is 19.0. The van der Waals surface area contributed by atoms with Crippen LogP contribution >= 0.6 is 0 Å². The third-order valence-corrected chi connectivity index (χ3v) is 4.78. The number of anilines is 1. The van der Waals surface area contributed by atoms with E-state index in [1.807, 2.05) is 42.5 Å². The molecule has 1 aliphatic rings. The maximum absolute atomic E-state index is 12.5. The first-order chi connectivity index (χ1) is 13.1. The van der Waals surface area contributed by atoms with Crippen molar-refractivity contribution in [3.63, 3.8) is 0 Å². The number of nitriles is 1. The second kappa shape index (κ2) is 6.57. The van der Waals surface area contributed by atoms with Gasteiger partial charge in [0, 0.05) is 17.9 Å². The topological polar surface area (TPSA) is 96.9 Å². The van der Waals surface area contributed by atoms with Gasteiger partial charge in [-0.15, -0.1) is 0 Å². The first-order valence-electron chi connectivity index (χ1n) is 8.64. The van der Waals surface area contributed by atoms with Gasteiger partial charge in [-0.3, -0.25) is 14.2 Å². The monoisotopic (exact) mass is 360 g/mol. The van der Waals surface area contributed by atoms with Crippen molar-refractivity contribution < 1.29 is 4.79 Å². The number of rotatable bonds is 3. The van der Waals surface area contributed by atoms with E-state index in [1.54, 1.807) is 6.07 Å². The van der Waals surface area contributed by atoms with Gasteiger partial charge >= 0.3 is 5.69 Å². The van der Waals surface area contributed by atoms with Gasteiger partial charge in [-0.25, -0.2) is 9.36 Å². The molecule has 134 valence electrons. The van der Waals surface area contributed by atoms with Crippen LogP contribution in [0, 0.1) is 11.3 Å². The Balaban J connectivity index is 1.64. The summed E-state index contributed by atoms with van der Waals surface area (Å²) in [5.74, 6) is -0.494. The first kappa shape index (κ1) is 16.8. The number of carbonyl (C=O) groups excluding carboxylic acids is 1. The predicted molar refractivity (Wildman–Crippen MR) is 101 cm³/mol. The molecular weight excluding hydrogens is 344 g/mol. The summed E-state index contributed by atoms with van der Waals surface area (Å²) in [5.41, 5.74) is -0.248. The number of amides is 1. The van der Waals surface area contributed by atoms with Crippen LogP contribution in [-0.4, -0.2) is 15.0 Å². The Morgan fingerprint density at radius 2 is 1.93 bits per heavy atom. The van der Waals surface area contributed by atoms with Gasteiger partial charge in [0.05, 0.1) is 0 Å². The van der Waals surface area contributed by atoms with E-state index >= 15 is 0 Å². The van der Waals surface area contributed by atoms with Crippen molar-refractivity contribution in [1.29, 1.82) is 5.26 Å². The van der Waals surface area contributed by atoms with Crippen LogP contribution in [0.4, 0.5) is 5.69 Å². The summed E-state index contributed by atoms with van der Waals surface area (Å²) in [5, 5.41) is 14.0. The van der Waals surface area contributed by atoms with Crippen LogP contribution in [0.25, 0.3) is 10.8 Å². The number of nitrogens with zero attached hydrogens (tertiary/aromatic N) is 3. The Morgan fingerprint density at radius 1 is 1.15 bits per heavy atom. The molecule has 0 bridgehead atoms. The fraction of sp³-hybridized carbons (Fsp3) is 0.200. The number of nitrogens with one attached hydrogen (secondary N) is 1. The van der Waals surface area contributed by atoms with Crippen LogP contribution in [-0.2, 0) is 24.3 Å². The van der Waals surface area contributed by atoms with Crippen molar-refractivity contribution in [3.8, 4) is 6.07 Å². The molecule has 7 nitrogen and oxygen atoms in total. The van der Waals surface area contributed by atoms with Gasteiger partial charge in [-0.2, -0.15) is 5.26 Å². The summed E-state index contributed by atoms with van der Waals surface area (Å²) in [4.78, 5) is 37.5. The van der Waals surface area contributed by atoms with Gasteiger partial charge < -0.3 is 5.32 Å². The summed E-state index contributed by atoms with van der Waals surface area (Å²) in [6.07, 6.45) is 1.23. The van der Waals surface area contributed by atoms with E-state index in [4.69, 9.17) is 0 Å². The maximum Gasteiger partial charge on any atom is 0.331 e. The molecule has 0 radical (unpaired) electrons. The lowest BCUT2D eigenvalue weighted by Gasteiger charge is -2.11. The normalized spacial score (nSPS) is 12.6. The van der Waals surface area contributed by atoms with Crippen molar-refractivity contribution in [2.45, 2.75) is 25.9 Å². The highest BCUT2D eigenvalue weighted by Gasteiger charge is 2.23. The van der Waals surface area contributed by atoms with Gasteiger partial charge in [-0.1, -0.05) is 30.3 Å². The Bertz CT molecular complexity index is 1230. The lowest BCUT2D eigenvalue weighted by molar-refractivity contribution is -0.116. The first-order valence-corrected chi connectivity index (χ1v) is 8.64. The van der Waals surface area contributed by atoms with Gasteiger partial charge in [0.15, 0.2) is 0 Å². The molecule has 0 fully saturated rings. The zero-order valence-corrected chi connectivity index (χ0v) is 14.4. The Hall–Kier alpha value is -3.66. The molecule has 2 heterocycles. The van der Waals surface area contributed by atoms with Gasteiger partial charge in [0.2, 0.25) is 5.91 Å². The van der Waals surface area contributed by atoms with E-state index in [-0.39, 0.29) is 5.56 Å². The highest BCUT2D eigenvalue weighted by atomic mass is 16.2. The van der Waals surface area contributed by atoms with E-state index in [2.05, 4.69) is 5.32 Å². The highest BCUT2D eigenvalue weighted by molar-refractivity contribution is 5.94. The van der Waals surface area contributed by atoms with E-state index in [1.165, 1.54) is 4.57 Å². The SMILES string of the molecule is N#Cc1c2n(c(=O)n(CC(=O)Nc3ccc4ccccc4c3)c1=O)CCC2. The predicted octanol–water partition coefficient (Wildman–Crippen LogP) is 1.62. The third-order valence-electron chi connectivity index (χ3n) is 4.78. The minimum absolute atomic E-state index is 0.0504. The fourth-order valence-electron chi connectivity index (χ4n) is 3.50. The molecule has 0 spiro atoms. The Morgan fingerprint density at radius 3 is 2.70 bits per heavy atom. The molecule has 2 aromatic carbocycles. The molecule has 0 atom stereocenters. The second-order valence-electron chi connectivity index (χ2n) is 6.47. The molecule has 0 saturated carbocycles. The molecule has 0 saturated heterocycles. The average Bonchev–Trinajstić information content (AvgIpc) is 3.15. The van der Waals surface area contributed by atoms with E-state index in [0.717, 1.165) is 15.3 Å². The summed E-state index contributed by atoms with van der Waals surface area (Å²) in [6.45, 7) is 0.0227. The second-order valence-corrected chi connectivity index (χ2v) is 6.47. The fourth-order valence-corrected chi connectivity index (χ4v) is 3.50. The molecule has 1 aromatic heterocycles. The standard InChI is InChI=1S/C20H16N4O3/c21-11-16-17-6-3-9-23(17)20(27)24(19(16)26)12-18(25)22-15-8-7-13-4-1-2-5-14(13)10-15/h1-2,4-5,7-8,10H,3,6,9,12H2,(H,22,25). The van der Waals surface area contributed by atoms with Crippen molar-refractivity contribution in [1.82, 2.24) is 9.13 Å². The minimum atomic E-state index is -0.704. The summed E-state index contributed by atoms with van der Waals surface area (Å²) in [7, 11) is 0. The third kappa shape index (κ3) is 2.91. The van der Waals surface area contributed by atoms with Crippen LogP contribution in [0.3, 0.4) is 0 Å². The van der Waals surface area contributed by atoms with Gasteiger partial charge in [0.25, 0.3) is 5.56 Å². The lowest BCUT2D eigenvalue weighted by atomic mass is 10.1. The molecule has 0 aliphatic carbocycles. The van der Waals surface area contributed by atoms with Crippen molar-refractivity contribution in [2.24, 2.45) is 0 Å². The number of hydrogen-bond donors (Lipinski definition) is 1. The molecule has 4 rings (SSSR count). The number of fused-ring (bicyclic) bond motifs is 2. The van der Waals surface area contributed by atoms with Crippen LogP contribution in [0.15, 0.2) is 52.1 Å². The van der Waals surface area contributed by atoms with Crippen molar-refractivity contribution in [3.05, 3.63) is 74.6 Å². The Kier molecular flexibility index (Phi) is 4.09. The van der Waals surface area contributed by atoms with Crippen LogP contribution in [0.2, 0.25) is 0 Å². The molecular formula is C20H16N4O3. The maximum atomic E-state index is 12.5. The Labute approximate surface area is 154 Å². The number of hydrogen-bond acceptors (Lipinski definition) is 4. The summed E-state index contributed by atoms with van der Waals surface area (Å²) in [6, 6.07) is 15.1. The molecule has 0 unspecified atom stereocenters. The highest BCUT2D eigenvalue weighted by Crippen LogP contribution is 2.19. The molecule has 27 heavy (non-hydrogen) atoms. The van der Waals surface area contributed by atoms with E-state index in [0.29, 0.717) is 30.8 Å². The summed E-state index contributed by atoms with van der Waals surface area (Å²) >= 11 is 0. The molecule has 1 N–H and O–H groups in total. The van der Waals surface area contributed by atoms with Crippen LogP contribution in [0.1, 0.15) is 17.7 Å². The average molecular weight is 360 g/mol. The molecule has 1 aliphatic heterocycles. The van der Waals surface area contributed by atoms with Crippen molar-refractivity contribution >= 4 is 22.4 Å². The van der Waals surface area contributed by atoms with E-state index < -0.39 is 23.7 Å². The van der Waals surface area contributed by atoms with Gasteiger partial charge in [-0.05, 0) is 35.7 Å². The lowest BCUT2D eigenvalue weighted by Crippen LogP contribution is -2.44. The summed E-state index contributed by atoms with van der Waals surface area (Å²) < 4.78 is 2.26. The zero-order valence-electron chi connectivity index (χ0n) is 14.4.